The number of unbranched alkanes of at least 4 members (excludes halogenated alkanes) is 1. The average molecular weight is 215 g/mol. The van der Waals surface area contributed by atoms with E-state index in [2.05, 4.69) is 60.9 Å². The predicted molar refractivity (Wildman–Crippen MR) is 70.1 cm³/mol. The van der Waals surface area contributed by atoms with Crippen molar-refractivity contribution in [1.29, 1.82) is 0 Å². The Labute approximate surface area is 99.5 Å². The lowest BCUT2D eigenvalue weighted by Crippen LogP contribution is -2.23. The Hall–Kier alpha value is -1.26. The molecule has 0 aliphatic rings. The lowest BCUT2D eigenvalue weighted by atomic mass is 10.2. The molecule has 0 atom stereocenters. The zero-order chi connectivity index (χ0) is 11.6. The van der Waals surface area contributed by atoms with Crippen LogP contribution >= 0.6 is 0 Å². The second kappa shape index (κ2) is 7.96. The smallest absolute Gasteiger partial charge is 0.0604 e. The van der Waals surface area contributed by atoms with Gasteiger partial charge >= 0.3 is 0 Å². The minimum Gasteiger partial charge on any atom is -0.288 e. The monoisotopic (exact) mass is 215 g/mol. The highest BCUT2D eigenvalue weighted by Crippen LogP contribution is 2.03. The summed E-state index contributed by atoms with van der Waals surface area (Å²) in [6.07, 6.45) is 2.17. The first-order valence-corrected chi connectivity index (χ1v) is 6.08. The van der Waals surface area contributed by atoms with Crippen molar-refractivity contribution in [2.24, 2.45) is 0 Å². The first kappa shape index (κ1) is 12.8. The molecule has 1 aromatic rings. The normalized spacial score (nSPS) is 9.94. The van der Waals surface area contributed by atoms with Gasteiger partial charge in [-0.25, -0.2) is 0 Å². The van der Waals surface area contributed by atoms with Crippen molar-refractivity contribution in [1.82, 2.24) is 4.90 Å². The summed E-state index contributed by atoms with van der Waals surface area (Å²) in [5, 5.41) is 0. The molecule has 0 saturated carbocycles. The van der Waals surface area contributed by atoms with Crippen LogP contribution < -0.4 is 0 Å². The van der Waals surface area contributed by atoms with Gasteiger partial charge in [-0.15, -0.1) is 5.92 Å². The molecule has 0 aliphatic heterocycles. The molecule has 0 N–H and O–H groups in total. The van der Waals surface area contributed by atoms with Crippen LogP contribution in [0, 0.1) is 11.8 Å². The van der Waals surface area contributed by atoms with Gasteiger partial charge in [-0.2, -0.15) is 0 Å². The fraction of sp³-hybridized carbons (Fsp3) is 0.467. The fourth-order valence-electron chi connectivity index (χ4n) is 1.50. The Morgan fingerprint density at radius 3 is 2.44 bits per heavy atom. The number of rotatable bonds is 5. The van der Waals surface area contributed by atoms with E-state index in [0.717, 1.165) is 32.5 Å². The first-order chi connectivity index (χ1) is 7.86. The van der Waals surface area contributed by atoms with Crippen LogP contribution in [0.3, 0.4) is 0 Å². The molecule has 0 bridgehead atoms. The summed E-state index contributed by atoms with van der Waals surface area (Å²) >= 11 is 0. The standard InChI is InChI=1S/C15H21N/c1-3-5-6-10-13-16(4-2)14-15-11-8-7-9-12-15/h7-9,11-12H,3-5,13-14H2,1-2H3. The summed E-state index contributed by atoms with van der Waals surface area (Å²) in [6, 6.07) is 10.6. The maximum Gasteiger partial charge on any atom is 0.0604 e. The van der Waals surface area contributed by atoms with Gasteiger partial charge in [-0.1, -0.05) is 50.1 Å². The Balaban J connectivity index is 2.41. The van der Waals surface area contributed by atoms with Crippen LogP contribution in [0.15, 0.2) is 30.3 Å². The van der Waals surface area contributed by atoms with Gasteiger partial charge in [0, 0.05) is 13.0 Å². The molecule has 0 amide bonds. The molecule has 0 aromatic heterocycles. The molecular weight excluding hydrogens is 194 g/mol. The third-order valence-corrected chi connectivity index (χ3v) is 2.50. The number of hydrogen-bond acceptors (Lipinski definition) is 1. The summed E-state index contributed by atoms with van der Waals surface area (Å²) in [6.45, 7) is 7.28. The molecule has 16 heavy (non-hydrogen) atoms. The Kier molecular flexibility index (Phi) is 6.37. The first-order valence-electron chi connectivity index (χ1n) is 6.08. The molecule has 0 fully saturated rings. The summed E-state index contributed by atoms with van der Waals surface area (Å²) in [7, 11) is 0. The van der Waals surface area contributed by atoms with Crippen molar-refractivity contribution in [2.45, 2.75) is 33.2 Å². The van der Waals surface area contributed by atoms with E-state index < -0.39 is 0 Å². The molecule has 0 saturated heterocycles. The van der Waals surface area contributed by atoms with E-state index in [4.69, 9.17) is 0 Å². The molecule has 0 unspecified atom stereocenters. The van der Waals surface area contributed by atoms with Crippen molar-refractivity contribution < 1.29 is 0 Å². The largest absolute Gasteiger partial charge is 0.288 e. The van der Waals surface area contributed by atoms with Crippen LogP contribution in [0.2, 0.25) is 0 Å². The summed E-state index contributed by atoms with van der Waals surface area (Å²) in [5.74, 6) is 6.43. The second-order valence-electron chi connectivity index (χ2n) is 3.89. The molecule has 0 aliphatic carbocycles. The van der Waals surface area contributed by atoms with E-state index in [-0.39, 0.29) is 0 Å². The van der Waals surface area contributed by atoms with Gasteiger partial charge in [0.25, 0.3) is 0 Å². The average Bonchev–Trinajstić information content (AvgIpc) is 2.34. The highest BCUT2D eigenvalue weighted by molar-refractivity contribution is 5.14. The Bertz CT molecular complexity index is 331. The highest BCUT2D eigenvalue weighted by Gasteiger charge is 2.00. The third kappa shape index (κ3) is 5.00. The van der Waals surface area contributed by atoms with Crippen LogP contribution in [0.5, 0.6) is 0 Å². The van der Waals surface area contributed by atoms with Crippen LogP contribution in [-0.2, 0) is 6.54 Å². The second-order valence-corrected chi connectivity index (χ2v) is 3.89. The Morgan fingerprint density at radius 2 is 1.81 bits per heavy atom. The van der Waals surface area contributed by atoms with Crippen LogP contribution in [0.4, 0.5) is 0 Å². The zero-order valence-corrected chi connectivity index (χ0v) is 10.4. The Morgan fingerprint density at radius 1 is 1.06 bits per heavy atom. The maximum absolute atomic E-state index is 3.23. The van der Waals surface area contributed by atoms with Crippen molar-refractivity contribution in [3.8, 4) is 11.8 Å². The third-order valence-electron chi connectivity index (χ3n) is 2.50. The molecule has 1 aromatic carbocycles. The fourth-order valence-corrected chi connectivity index (χ4v) is 1.50. The number of nitrogens with zero attached hydrogens (tertiary/aromatic N) is 1. The van der Waals surface area contributed by atoms with Gasteiger partial charge in [0.1, 0.15) is 0 Å². The van der Waals surface area contributed by atoms with Crippen LogP contribution in [-0.4, -0.2) is 18.0 Å². The molecule has 1 rings (SSSR count). The minimum atomic E-state index is 0.880. The van der Waals surface area contributed by atoms with E-state index in [1.54, 1.807) is 0 Å². The van der Waals surface area contributed by atoms with Crippen molar-refractivity contribution >= 4 is 0 Å². The van der Waals surface area contributed by atoms with E-state index in [9.17, 15) is 0 Å². The quantitative estimate of drug-likeness (QED) is 0.681. The molecule has 0 spiro atoms. The highest BCUT2D eigenvalue weighted by atomic mass is 15.1. The molecule has 1 heteroatoms. The van der Waals surface area contributed by atoms with Gasteiger partial charge in [0.05, 0.1) is 6.54 Å². The molecule has 0 heterocycles. The van der Waals surface area contributed by atoms with E-state index in [0.29, 0.717) is 0 Å². The number of hydrogen-bond donors (Lipinski definition) is 0. The van der Waals surface area contributed by atoms with Gasteiger partial charge in [0.15, 0.2) is 0 Å². The van der Waals surface area contributed by atoms with Crippen LogP contribution in [0.1, 0.15) is 32.3 Å². The molecular formula is C15H21N. The van der Waals surface area contributed by atoms with Gasteiger partial charge in [-0.3, -0.25) is 4.90 Å². The van der Waals surface area contributed by atoms with E-state index in [1.807, 2.05) is 0 Å². The van der Waals surface area contributed by atoms with Crippen molar-refractivity contribution in [2.75, 3.05) is 13.1 Å². The van der Waals surface area contributed by atoms with Gasteiger partial charge < -0.3 is 0 Å². The predicted octanol–water partition coefficient (Wildman–Crippen LogP) is 3.31. The van der Waals surface area contributed by atoms with E-state index in [1.165, 1.54) is 5.56 Å². The van der Waals surface area contributed by atoms with Crippen molar-refractivity contribution in [3.05, 3.63) is 35.9 Å². The van der Waals surface area contributed by atoms with Crippen LogP contribution in [0.25, 0.3) is 0 Å². The zero-order valence-electron chi connectivity index (χ0n) is 10.4. The topological polar surface area (TPSA) is 3.24 Å². The SMILES string of the molecule is CCCC#CCN(CC)Cc1ccccc1. The van der Waals surface area contributed by atoms with Gasteiger partial charge in [-0.05, 0) is 18.5 Å². The summed E-state index contributed by atoms with van der Waals surface area (Å²) < 4.78 is 0. The van der Waals surface area contributed by atoms with Gasteiger partial charge in [0.2, 0.25) is 0 Å². The lowest BCUT2D eigenvalue weighted by Gasteiger charge is -2.17. The summed E-state index contributed by atoms with van der Waals surface area (Å²) in [5.41, 5.74) is 1.36. The minimum absolute atomic E-state index is 0.880. The van der Waals surface area contributed by atoms with Crippen molar-refractivity contribution in [3.63, 3.8) is 0 Å². The molecule has 0 radical (unpaired) electrons. The number of benzene rings is 1. The van der Waals surface area contributed by atoms with E-state index >= 15 is 0 Å². The molecule has 1 nitrogen and oxygen atoms in total. The molecule has 86 valence electrons. The summed E-state index contributed by atoms with van der Waals surface area (Å²) in [4.78, 5) is 2.36. The maximum atomic E-state index is 3.23. The lowest BCUT2D eigenvalue weighted by molar-refractivity contribution is 0.316.